The maximum atomic E-state index is 12.8. The summed E-state index contributed by atoms with van der Waals surface area (Å²) in [7, 11) is -1.86. The lowest BCUT2D eigenvalue weighted by molar-refractivity contribution is 0.280. The van der Waals surface area contributed by atoms with Crippen molar-refractivity contribution in [2.24, 2.45) is 17.3 Å². The van der Waals surface area contributed by atoms with Crippen LogP contribution in [-0.2, 0) is 30.0 Å². The highest BCUT2D eigenvalue weighted by molar-refractivity contribution is 7.90. The minimum atomic E-state index is -3.39. The molecule has 0 radical (unpaired) electrons. The van der Waals surface area contributed by atoms with Crippen molar-refractivity contribution in [3.63, 3.8) is 0 Å². The molecule has 0 fully saturated rings. The molecule has 2 aromatic heterocycles. The molecule has 3 heterocycles. The zero-order valence-corrected chi connectivity index (χ0v) is 21.0. The number of azo groups is 1. The van der Waals surface area contributed by atoms with Crippen molar-refractivity contribution >= 4 is 21.3 Å². The Labute approximate surface area is 213 Å². The van der Waals surface area contributed by atoms with Crippen molar-refractivity contribution in [3.8, 4) is 11.3 Å². The average Bonchev–Trinajstić information content (AvgIpc) is 2.90. The van der Waals surface area contributed by atoms with Crippen LogP contribution in [0.5, 0.6) is 0 Å². The number of aryl methyl sites for hydroxylation is 1. The summed E-state index contributed by atoms with van der Waals surface area (Å²) in [5.74, 6) is 0.303. The van der Waals surface area contributed by atoms with E-state index in [4.69, 9.17) is 0 Å². The first kappa shape index (κ1) is 24.5. The number of aliphatic hydroxyl groups excluding tert-OH is 1. The first-order valence-electron chi connectivity index (χ1n) is 11.4. The van der Waals surface area contributed by atoms with Gasteiger partial charge in [0.1, 0.15) is 17.5 Å². The molecule has 1 atom stereocenters. The molecule has 0 saturated carbocycles. The third kappa shape index (κ3) is 4.78. The van der Waals surface area contributed by atoms with Crippen LogP contribution in [0.15, 0.2) is 86.8 Å². The number of aliphatic hydroxyl groups is 1. The lowest BCUT2D eigenvalue weighted by Crippen LogP contribution is -2.23. The lowest BCUT2D eigenvalue weighted by atomic mass is 9.88. The van der Waals surface area contributed by atoms with Crippen LogP contribution in [-0.4, -0.2) is 34.5 Å². The summed E-state index contributed by atoms with van der Waals surface area (Å²) in [6, 6.07) is 17.7. The van der Waals surface area contributed by atoms with E-state index in [-0.39, 0.29) is 23.2 Å². The Morgan fingerprint density at radius 1 is 1.08 bits per heavy atom. The normalized spacial score (nSPS) is 14.8. The Kier molecular flexibility index (Phi) is 6.40. The molecule has 4 aromatic rings. The van der Waals surface area contributed by atoms with E-state index in [1.54, 1.807) is 6.07 Å². The number of rotatable bonds is 6. The monoisotopic (exact) mass is 516 g/mol. The number of anilines is 2. The van der Waals surface area contributed by atoms with Crippen LogP contribution in [0, 0.1) is 0 Å². The van der Waals surface area contributed by atoms with Crippen molar-refractivity contribution in [1.82, 2.24) is 14.8 Å². The highest BCUT2D eigenvalue weighted by Gasteiger charge is 2.24. The molecule has 2 aromatic carbocycles. The molecular formula is C26H24N6O4S. The molecule has 1 unspecified atom stereocenters. The van der Waals surface area contributed by atoms with E-state index in [0.29, 0.717) is 29.2 Å². The molecule has 5 rings (SSSR count). The Hall–Kier alpha value is -4.22. The Morgan fingerprint density at radius 2 is 1.86 bits per heavy atom. The number of nitrogens with zero attached hydrogens (tertiary/aromatic N) is 5. The van der Waals surface area contributed by atoms with E-state index < -0.39 is 15.4 Å². The number of pyridine rings is 1. The molecule has 0 bridgehead atoms. The van der Waals surface area contributed by atoms with E-state index in [9.17, 15) is 18.3 Å². The number of hydrogen-bond acceptors (Lipinski definition) is 9. The maximum absolute atomic E-state index is 12.8. The second-order valence-corrected chi connectivity index (χ2v) is 10.7. The fraction of sp³-hybridized carbons (Fsp3) is 0.192. The van der Waals surface area contributed by atoms with Crippen molar-refractivity contribution in [2.75, 3.05) is 11.6 Å². The van der Waals surface area contributed by atoms with E-state index >= 15 is 0 Å². The number of aromatic nitrogens is 3. The molecule has 1 aliphatic rings. The molecule has 2 N–H and O–H groups in total. The summed E-state index contributed by atoms with van der Waals surface area (Å²) in [4.78, 5) is 17.0. The molecule has 0 spiro atoms. The highest BCUT2D eigenvalue weighted by Crippen LogP contribution is 2.37. The van der Waals surface area contributed by atoms with Crippen LogP contribution in [0.1, 0.15) is 28.3 Å². The van der Waals surface area contributed by atoms with Gasteiger partial charge >= 0.3 is 0 Å². The van der Waals surface area contributed by atoms with E-state index in [1.807, 2.05) is 42.5 Å². The molecule has 0 saturated heterocycles. The van der Waals surface area contributed by atoms with Gasteiger partial charge in [0.25, 0.3) is 5.56 Å². The Bertz CT molecular complexity index is 1680. The minimum Gasteiger partial charge on any atom is -0.392 e. The quantitative estimate of drug-likeness (QED) is 0.400. The topological polar surface area (TPSA) is 139 Å². The molecule has 10 nitrogen and oxygen atoms in total. The molecule has 0 amide bonds. The SMILES string of the molecule is Cn1nc(-c2cccc(C3N=NCc4ccccc43)c2CO)cc(Nc2ccc(S(C)(=O)=O)cn2)c1=O. The lowest BCUT2D eigenvalue weighted by Gasteiger charge is -2.23. The number of nitrogens with one attached hydrogen (secondary N) is 1. The van der Waals surface area contributed by atoms with Crippen LogP contribution in [0.25, 0.3) is 11.3 Å². The summed E-state index contributed by atoms with van der Waals surface area (Å²) < 4.78 is 24.6. The van der Waals surface area contributed by atoms with Gasteiger partial charge in [0.2, 0.25) is 0 Å². The fourth-order valence-electron chi connectivity index (χ4n) is 4.35. The summed E-state index contributed by atoms with van der Waals surface area (Å²) in [5.41, 5.74) is 4.47. The molecule has 188 valence electrons. The van der Waals surface area contributed by atoms with Crippen molar-refractivity contribution in [3.05, 3.63) is 99.5 Å². The Balaban J connectivity index is 1.57. The summed E-state index contributed by atoms with van der Waals surface area (Å²) in [6.07, 6.45) is 2.33. The number of benzene rings is 2. The van der Waals surface area contributed by atoms with Crippen LogP contribution in [0.2, 0.25) is 0 Å². The highest BCUT2D eigenvalue weighted by atomic mass is 32.2. The molecule has 37 heavy (non-hydrogen) atoms. The molecule has 11 heteroatoms. The summed E-state index contributed by atoms with van der Waals surface area (Å²) in [6.45, 7) is 0.249. The molecule has 0 aliphatic carbocycles. The molecule has 1 aliphatic heterocycles. The fourth-order valence-corrected chi connectivity index (χ4v) is 4.91. The van der Waals surface area contributed by atoms with Crippen molar-refractivity contribution in [1.29, 1.82) is 0 Å². The predicted molar refractivity (Wildman–Crippen MR) is 138 cm³/mol. The van der Waals surface area contributed by atoms with Crippen LogP contribution < -0.4 is 10.9 Å². The average molecular weight is 517 g/mol. The van der Waals surface area contributed by atoms with Gasteiger partial charge in [-0.2, -0.15) is 15.3 Å². The Morgan fingerprint density at radius 3 is 2.59 bits per heavy atom. The van der Waals surface area contributed by atoms with Gasteiger partial charge in [0.05, 0.1) is 23.7 Å². The van der Waals surface area contributed by atoms with Gasteiger partial charge in [0, 0.05) is 25.1 Å². The first-order valence-corrected chi connectivity index (χ1v) is 13.3. The number of fused-ring (bicyclic) bond motifs is 1. The minimum absolute atomic E-state index is 0.0761. The molecular weight excluding hydrogens is 492 g/mol. The van der Waals surface area contributed by atoms with Gasteiger partial charge in [-0.3, -0.25) is 4.79 Å². The van der Waals surface area contributed by atoms with Crippen LogP contribution >= 0.6 is 0 Å². The second-order valence-electron chi connectivity index (χ2n) is 8.70. The zero-order chi connectivity index (χ0) is 26.2. The summed E-state index contributed by atoms with van der Waals surface area (Å²) in [5, 5.41) is 26.6. The second kappa shape index (κ2) is 9.68. The van der Waals surface area contributed by atoms with Crippen LogP contribution in [0.3, 0.4) is 0 Å². The largest absolute Gasteiger partial charge is 0.392 e. The van der Waals surface area contributed by atoms with Gasteiger partial charge < -0.3 is 10.4 Å². The van der Waals surface area contributed by atoms with Crippen LogP contribution in [0.4, 0.5) is 11.5 Å². The standard InChI is InChI=1S/C26H24N6O4S/c1-32-26(34)23(29-24-11-10-17(14-27-24)37(2,35)36)12-22(31-32)19-8-5-9-20(21(19)15-33)25-18-7-4-3-6-16(18)13-28-30-25/h3-12,14,25,33H,13,15H2,1-2H3,(H,27,29). The van der Waals surface area contributed by atoms with Gasteiger partial charge in [0.15, 0.2) is 9.84 Å². The summed E-state index contributed by atoms with van der Waals surface area (Å²) >= 11 is 0. The predicted octanol–water partition coefficient (Wildman–Crippen LogP) is 3.54. The zero-order valence-electron chi connectivity index (χ0n) is 20.2. The van der Waals surface area contributed by atoms with E-state index in [2.05, 4.69) is 25.6 Å². The third-order valence-corrected chi connectivity index (χ3v) is 7.32. The third-order valence-electron chi connectivity index (χ3n) is 6.22. The van der Waals surface area contributed by atoms with E-state index in [0.717, 1.165) is 22.9 Å². The van der Waals surface area contributed by atoms with Crippen molar-refractivity contribution < 1.29 is 13.5 Å². The van der Waals surface area contributed by atoms with Crippen molar-refractivity contribution in [2.45, 2.75) is 24.1 Å². The van der Waals surface area contributed by atoms with Gasteiger partial charge in [-0.05, 0) is 40.5 Å². The number of sulfone groups is 1. The van der Waals surface area contributed by atoms with Gasteiger partial charge in [-0.15, -0.1) is 0 Å². The van der Waals surface area contributed by atoms with Gasteiger partial charge in [-0.1, -0.05) is 42.5 Å². The number of hydrogen-bond donors (Lipinski definition) is 2. The maximum Gasteiger partial charge on any atom is 0.290 e. The smallest absolute Gasteiger partial charge is 0.290 e. The van der Waals surface area contributed by atoms with E-state index in [1.165, 1.54) is 30.1 Å². The van der Waals surface area contributed by atoms with Gasteiger partial charge in [-0.25, -0.2) is 18.1 Å². The first-order chi connectivity index (χ1) is 17.8.